The summed E-state index contributed by atoms with van der Waals surface area (Å²) in [7, 11) is 13.1. The molecular weight excluding hydrogens is 798 g/mol. The van der Waals surface area contributed by atoms with Crippen molar-refractivity contribution in [2.45, 2.75) is 74.3 Å². The van der Waals surface area contributed by atoms with E-state index in [2.05, 4.69) is 55.7 Å². The van der Waals surface area contributed by atoms with Crippen LogP contribution in [0.15, 0.2) is 10.6 Å². The van der Waals surface area contributed by atoms with Crippen molar-refractivity contribution in [3.8, 4) is 12.8 Å². The van der Waals surface area contributed by atoms with Crippen molar-refractivity contribution >= 4 is 72.3 Å². The maximum atomic E-state index is 9.58. The first-order chi connectivity index (χ1) is 10.5. The molecule has 4 N–H and O–H groups in total. The van der Waals surface area contributed by atoms with Crippen LogP contribution < -0.4 is 57.2 Å². The van der Waals surface area contributed by atoms with Crippen LogP contribution in [0, 0.1) is 23.5 Å². The fourth-order valence-electron chi connectivity index (χ4n) is 0. The predicted octanol–water partition coefficient (Wildman–Crippen LogP) is 5.80. The third-order valence-corrected chi connectivity index (χ3v) is 0. The van der Waals surface area contributed by atoms with Gasteiger partial charge in [0.25, 0.3) is 0 Å². The SMILES string of the molecule is C.C.C.C.C.C.C.C.C.C.C#C.F.FF.N=NF.P.P.[2HH].[2H]NN=[N-].[2H]S([3H])=P.[2H][2H].[3H]N=P.[B].[B][B].[K+].[Y].[Y].[Y]. The summed E-state index contributed by atoms with van der Waals surface area (Å²) in [5, 5.41) is 5.96. The summed E-state index contributed by atoms with van der Waals surface area (Å²) in [6, 6.07) is 0. The Hall–Kier alpha value is 5.03. The summed E-state index contributed by atoms with van der Waals surface area (Å²) in [5.74, 6) is 1.36. The van der Waals surface area contributed by atoms with Crippen molar-refractivity contribution in [3.63, 3.8) is 0 Å². The number of hydrogen-bond acceptors (Lipinski definition) is 4. The van der Waals surface area contributed by atoms with Crippen LogP contribution in [-0.4, -0.2) is 26.1 Å². The topological polar surface area (TPSA) is 121 Å². The monoisotopic (exact) mass is 869 g/mol. The van der Waals surface area contributed by atoms with E-state index in [1.165, 1.54) is 11.2 Å². The van der Waals surface area contributed by atoms with Gasteiger partial charge < -0.3 is 11.4 Å². The van der Waals surface area contributed by atoms with Crippen LogP contribution in [0.3, 0.4) is 0 Å². The van der Waals surface area contributed by atoms with E-state index in [4.69, 9.17) is 28.3 Å². The second-order valence-corrected chi connectivity index (χ2v) is 0.185. The van der Waals surface area contributed by atoms with Gasteiger partial charge in [-0.15, -0.1) is 12.8 Å². The van der Waals surface area contributed by atoms with Crippen LogP contribution in [0.1, 0.15) is 78.7 Å². The molecule has 0 aliphatic rings. The molecule has 0 heterocycles. The molecule has 0 aromatic rings. The molecular formula is C12H61B3F4KN6P4SY3. The molecule has 0 aromatic carbocycles. The molecule has 0 saturated heterocycles. The summed E-state index contributed by atoms with van der Waals surface area (Å²) in [4.78, 5) is 0. The minimum atomic E-state index is -1.06. The van der Waals surface area contributed by atoms with Crippen molar-refractivity contribution in [3.05, 3.63) is 5.53 Å². The first-order valence-electron chi connectivity index (χ1n) is 4.82. The Bertz CT molecular complexity index is 253. The quantitative estimate of drug-likeness (QED) is 0.0578. The number of terminal acetylenes is 1. The second-order valence-electron chi connectivity index (χ2n) is 0.185. The largest absolute Gasteiger partial charge is 1.00 e. The Kier molecular flexibility index (Phi) is 4830. The van der Waals surface area contributed by atoms with Crippen molar-refractivity contribution in [2.24, 2.45) is 16.4 Å². The smallest absolute Gasteiger partial charge is 0.427 e. The molecule has 0 rings (SSSR count). The number of nitrogens with two attached hydrogens (primary N) is 1. The van der Waals surface area contributed by atoms with Gasteiger partial charge in [-0.1, -0.05) is 86.8 Å². The molecule has 0 bridgehead atoms. The minimum absolute atomic E-state index is 0. The van der Waals surface area contributed by atoms with Gasteiger partial charge in [0.15, 0.2) is 1.41 Å². The average molecular weight is 869 g/mol. The van der Waals surface area contributed by atoms with Gasteiger partial charge in [0.1, 0.15) is 0 Å². The third-order valence-electron chi connectivity index (χ3n) is 0. The first-order valence-corrected chi connectivity index (χ1v) is 4.13. The Morgan fingerprint density at radius 1 is 1.06 bits per heavy atom. The molecule has 0 aliphatic carbocycles. The molecule has 0 aliphatic heterocycles. The van der Waals surface area contributed by atoms with E-state index in [1.807, 2.05) is 0 Å². The van der Waals surface area contributed by atoms with Crippen molar-refractivity contribution in [1.29, 1.82) is 12.9 Å². The molecule has 3 atom stereocenters. The molecule has 0 saturated carbocycles. The van der Waals surface area contributed by atoms with E-state index in [9.17, 15) is 4.48 Å². The van der Waals surface area contributed by atoms with Gasteiger partial charge in [-0.3, -0.25) is 15.1 Å². The molecule has 22 heteroatoms. The normalized spacial score (nSPS) is 3.91. The van der Waals surface area contributed by atoms with Gasteiger partial charge >= 0.3 is 51.4 Å². The number of halogens is 4. The molecule has 0 spiro atoms. The van der Waals surface area contributed by atoms with Crippen LogP contribution in [0.4, 0.5) is 18.3 Å². The number of nitrogens with zero attached hydrogens (tertiary/aromatic N) is 3. The maximum absolute atomic E-state index is 9.58. The van der Waals surface area contributed by atoms with Crippen molar-refractivity contribution in [2.75, 3.05) is 0 Å². The maximum Gasteiger partial charge on any atom is 1.00 e. The van der Waals surface area contributed by atoms with Crippen LogP contribution in [0.25, 0.3) is 5.53 Å². The van der Waals surface area contributed by atoms with Crippen molar-refractivity contribution < 1.29 is 175 Å². The molecule has 0 aromatic heterocycles. The number of hydrogen-bond donors (Lipinski definition) is 3. The summed E-state index contributed by atoms with van der Waals surface area (Å²) < 4.78 is 59.5. The zero-order valence-corrected chi connectivity index (χ0v) is 30.1. The molecule has 10 radical (unpaired) electrons. The van der Waals surface area contributed by atoms with Crippen LogP contribution in [0.5, 0.6) is 0 Å². The van der Waals surface area contributed by atoms with Gasteiger partial charge in [-0.05, 0) is 9.03 Å². The van der Waals surface area contributed by atoms with Crippen LogP contribution in [-0.2, 0) is 110 Å². The molecule has 0 amide bonds. The summed E-state index contributed by atoms with van der Waals surface area (Å²) >= 11 is -1.06. The predicted molar refractivity (Wildman–Crippen MR) is 171 cm³/mol. The summed E-state index contributed by atoms with van der Waals surface area (Å²) in [6.45, 7) is 0. The Balaban J connectivity index is -0.00000000207. The van der Waals surface area contributed by atoms with Gasteiger partial charge in [-0.2, -0.15) is 36.9 Å². The van der Waals surface area contributed by atoms with Crippen LogP contribution >= 0.6 is 36.8 Å². The minimum Gasteiger partial charge on any atom is -0.427 e. The fraction of sp³-hybridized carbons (Fsp3) is 0.833. The van der Waals surface area contributed by atoms with Crippen molar-refractivity contribution in [1.82, 2.24) is 0 Å². The van der Waals surface area contributed by atoms with E-state index in [-0.39, 0.29) is 258 Å². The molecule has 34 heavy (non-hydrogen) atoms. The zero-order valence-electron chi connectivity index (χ0n) is 18.8. The van der Waals surface area contributed by atoms with Gasteiger partial charge in [0.2, 0.25) is 0 Å². The zero-order chi connectivity index (χ0) is 20.4. The van der Waals surface area contributed by atoms with E-state index < -0.39 is 11.6 Å². The Morgan fingerprint density at radius 3 is 1.09 bits per heavy atom. The first kappa shape index (κ1) is 156. The van der Waals surface area contributed by atoms with E-state index in [0.717, 1.165) is 0 Å². The summed E-state index contributed by atoms with van der Waals surface area (Å²) in [5.41, 5.74) is 12.4. The Morgan fingerprint density at radius 2 is 1.09 bits per heavy atom. The molecule has 6 nitrogen and oxygen atoms in total. The van der Waals surface area contributed by atoms with Gasteiger partial charge in [-0.25, -0.2) is 0 Å². The third kappa shape index (κ3) is 1900. The fourth-order valence-corrected chi connectivity index (χ4v) is 0. The average Bonchev–Trinajstić information content (AvgIpc) is 2.56. The van der Waals surface area contributed by atoms with E-state index >= 15 is 0 Å². The number of rotatable bonds is 1. The standard InChI is InChI=1S/C2H2.10CH4.B2.B.F2.FHN2.FH.K.H2N3.H2NP.H3PS.2H3P.3Y.2H2/c1-2;;;;;;;;;;;1-2;;1-2;1-3-2;;;1-3-2;2*1-2;;;;;;;/h1-2H;10*1H4;;;;2H;1H;;(H2-,1,2);1-2H;1H,2H2;2*1H3;;;;2*1H/q;;;;;;;;;;;;;;;;+1;-1;;;;;;;;;/i;;;;;;;;;;;;;;;;;;;2TD;;;;;;1+1D;1+1/hTD. The number of nitrogens with one attached hydrogen (secondary N) is 2. The molecule has 0 fully saturated rings. The Labute approximate surface area is 363 Å². The van der Waals surface area contributed by atoms with E-state index in [0.29, 0.717) is 0 Å². The molecule has 3 unspecified atom stereocenters. The van der Waals surface area contributed by atoms with E-state index in [1.54, 1.807) is 0 Å². The van der Waals surface area contributed by atoms with Gasteiger partial charge in [0, 0.05) is 142 Å². The molecule has 212 valence electrons. The second kappa shape index (κ2) is 1050. The van der Waals surface area contributed by atoms with Gasteiger partial charge in [0.05, 0.1) is 2.25 Å². The summed E-state index contributed by atoms with van der Waals surface area (Å²) in [6.07, 6.45) is 8.00. The van der Waals surface area contributed by atoms with Crippen LogP contribution in [0.2, 0.25) is 2.82 Å².